The van der Waals surface area contributed by atoms with Crippen LogP contribution in [-0.2, 0) is 12.8 Å². The standard InChI is InChI=1S/C17H19NOS/c1-2-17(19)16-9-8-15(11-18-16)20-14-7-6-12-4-3-5-13(12)10-14/h6-11,17,19H,2-5H2,1H3/t17-/m0/s1. The van der Waals surface area contributed by atoms with Crippen LogP contribution in [0.4, 0.5) is 0 Å². The minimum absolute atomic E-state index is 0.450. The van der Waals surface area contributed by atoms with Crippen molar-refractivity contribution in [2.24, 2.45) is 0 Å². The summed E-state index contributed by atoms with van der Waals surface area (Å²) in [4.78, 5) is 6.74. The molecule has 1 aromatic carbocycles. The Balaban J connectivity index is 1.74. The normalized spacial score (nSPS) is 15.1. The Bertz CT molecular complexity index is 594. The number of aryl methyl sites for hydroxylation is 2. The fraction of sp³-hybridized carbons (Fsp3) is 0.353. The predicted molar refractivity (Wildman–Crippen MR) is 82.1 cm³/mol. The second-order valence-corrected chi connectivity index (χ2v) is 6.38. The van der Waals surface area contributed by atoms with Gasteiger partial charge in [-0.25, -0.2) is 0 Å². The molecule has 0 spiro atoms. The lowest BCUT2D eigenvalue weighted by atomic mass is 10.1. The van der Waals surface area contributed by atoms with E-state index in [0.29, 0.717) is 6.42 Å². The van der Waals surface area contributed by atoms with Crippen LogP contribution >= 0.6 is 11.8 Å². The summed E-state index contributed by atoms with van der Waals surface area (Å²) in [6.45, 7) is 1.96. The van der Waals surface area contributed by atoms with Crippen LogP contribution in [0.15, 0.2) is 46.3 Å². The molecule has 0 fully saturated rings. The zero-order valence-corrected chi connectivity index (χ0v) is 12.5. The maximum atomic E-state index is 9.75. The third-order valence-electron chi connectivity index (χ3n) is 3.79. The highest BCUT2D eigenvalue weighted by atomic mass is 32.2. The molecule has 0 saturated heterocycles. The molecule has 3 rings (SSSR count). The minimum atomic E-state index is -0.450. The van der Waals surface area contributed by atoms with Crippen molar-refractivity contribution in [3.8, 4) is 0 Å². The largest absolute Gasteiger partial charge is 0.387 e. The van der Waals surface area contributed by atoms with Crippen LogP contribution in [0.3, 0.4) is 0 Å². The Labute approximate surface area is 124 Å². The van der Waals surface area contributed by atoms with E-state index in [1.807, 2.05) is 25.3 Å². The van der Waals surface area contributed by atoms with E-state index in [1.54, 1.807) is 11.8 Å². The first-order valence-electron chi connectivity index (χ1n) is 7.20. The Morgan fingerprint density at radius 3 is 2.70 bits per heavy atom. The van der Waals surface area contributed by atoms with Gasteiger partial charge in [0.05, 0.1) is 11.8 Å². The van der Waals surface area contributed by atoms with Gasteiger partial charge in [-0.2, -0.15) is 0 Å². The van der Waals surface area contributed by atoms with Crippen molar-refractivity contribution in [1.82, 2.24) is 4.98 Å². The van der Waals surface area contributed by atoms with Gasteiger partial charge in [-0.05, 0) is 61.1 Å². The van der Waals surface area contributed by atoms with Crippen molar-refractivity contribution in [3.63, 3.8) is 0 Å². The van der Waals surface area contributed by atoms with Gasteiger partial charge >= 0.3 is 0 Å². The van der Waals surface area contributed by atoms with Crippen LogP contribution in [0.5, 0.6) is 0 Å². The zero-order valence-electron chi connectivity index (χ0n) is 11.7. The number of nitrogens with zero attached hydrogens (tertiary/aromatic N) is 1. The number of aliphatic hydroxyl groups excluding tert-OH is 1. The molecule has 0 radical (unpaired) electrons. The molecule has 20 heavy (non-hydrogen) atoms. The summed E-state index contributed by atoms with van der Waals surface area (Å²) in [6.07, 6.45) is 5.83. The molecule has 1 N–H and O–H groups in total. The zero-order chi connectivity index (χ0) is 13.9. The van der Waals surface area contributed by atoms with Crippen molar-refractivity contribution < 1.29 is 5.11 Å². The van der Waals surface area contributed by atoms with Gasteiger partial charge < -0.3 is 5.11 Å². The molecule has 104 valence electrons. The van der Waals surface area contributed by atoms with E-state index in [1.165, 1.54) is 35.3 Å². The van der Waals surface area contributed by atoms with Crippen molar-refractivity contribution in [2.75, 3.05) is 0 Å². The SMILES string of the molecule is CC[C@H](O)c1ccc(Sc2ccc3c(c2)CCC3)cn1. The Morgan fingerprint density at radius 1 is 1.15 bits per heavy atom. The van der Waals surface area contributed by atoms with E-state index in [9.17, 15) is 5.11 Å². The number of hydrogen-bond donors (Lipinski definition) is 1. The molecule has 0 saturated carbocycles. The first-order chi connectivity index (χ1) is 9.76. The summed E-state index contributed by atoms with van der Waals surface area (Å²) < 4.78 is 0. The van der Waals surface area contributed by atoms with Crippen molar-refractivity contribution >= 4 is 11.8 Å². The second-order valence-electron chi connectivity index (χ2n) is 5.23. The highest BCUT2D eigenvalue weighted by molar-refractivity contribution is 7.99. The number of aliphatic hydroxyl groups is 1. The second kappa shape index (κ2) is 5.98. The average molecular weight is 285 g/mol. The van der Waals surface area contributed by atoms with Crippen LogP contribution in [0.1, 0.15) is 42.7 Å². The third-order valence-corrected chi connectivity index (χ3v) is 4.76. The lowest BCUT2D eigenvalue weighted by Crippen LogP contribution is -1.97. The summed E-state index contributed by atoms with van der Waals surface area (Å²) >= 11 is 1.74. The molecular weight excluding hydrogens is 266 g/mol. The highest BCUT2D eigenvalue weighted by Gasteiger charge is 2.11. The van der Waals surface area contributed by atoms with Gasteiger partial charge in [-0.15, -0.1) is 0 Å². The van der Waals surface area contributed by atoms with Crippen LogP contribution in [0.2, 0.25) is 0 Å². The van der Waals surface area contributed by atoms with Gasteiger partial charge in [0.15, 0.2) is 0 Å². The van der Waals surface area contributed by atoms with Gasteiger partial charge in [-0.3, -0.25) is 4.98 Å². The lowest BCUT2D eigenvalue weighted by Gasteiger charge is -2.08. The number of fused-ring (bicyclic) bond motifs is 1. The number of pyridine rings is 1. The third kappa shape index (κ3) is 2.89. The Morgan fingerprint density at radius 2 is 1.95 bits per heavy atom. The fourth-order valence-corrected chi connectivity index (χ4v) is 3.46. The molecule has 0 unspecified atom stereocenters. The van der Waals surface area contributed by atoms with E-state index in [-0.39, 0.29) is 0 Å². The molecular formula is C17H19NOS. The molecule has 2 aromatic rings. The predicted octanol–water partition coefficient (Wildman–Crippen LogP) is 4.16. The van der Waals surface area contributed by atoms with Gasteiger partial charge in [0.1, 0.15) is 0 Å². The van der Waals surface area contributed by atoms with Crippen LogP contribution in [0, 0.1) is 0 Å². The number of rotatable bonds is 4. The molecule has 3 heteroatoms. The molecule has 0 bridgehead atoms. The highest BCUT2D eigenvalue weighted by Crippen LogP contribution is 2.32. The van der Waals surface area contributed by atoms with E-state index >= 15 is 0 Å². The van der Waals surface area contributed by atoms with Gasteiger partial charge in [0, 0.05) is 16.0 Å². The van der Waals surface area contributed by atoms with E-state index in [4.69, 9.17) is 0 Å². The maximum absolute atomic E-state index is 9.75. The van der Waals surface area contributed by atoms with E-state index in [0.717, 1.165) is 10.6 Å². The Kier molecular flexibility index (Phi) is 4.08. The monoisotopic (exact) mass is 285 g/mol. The van der Waals surface area contributed by atoms with Crippen molar-refractivity contribution in [2.45, 2.75) is 48.5 Å². The van der Waals surface area contributed by atoms with E-state index in [2.05, 4.69) is 23.2 Å². The molecule has 1 heterocycles. The van der Waals surface area contributed by atoms with Gasteiger partial charge in [0.25, 0.3) is 0 Å². The first kappa shape index (κ1) is 13.7. The number of hydrogen-bond acceptors (Lipinski definition) is 3. The Hall–Kier alpha value is -1.32. The van der Waals surface area contributed by atoms with Crippen LogP contribution in [-0.4, -0.2) is 10.1 Å². The maximum Gasteiger partial charge on any atom is 0.0957 e. The molecule has 1 aromatic heterocycles. The molecule has 2 nitrogen and oxygen atoms in total. The van der Waals surface area contributed by atoms with Crippen LogP contribution in [0.25, 0.3) is 0 Å². The quantitative estimate of drug-likeness (QED) is 0.915. The fourth-order valence-electron chi connectivity index (χ4n) is 2.61. The molecule has 0 amide bonds. The summed E-state index contributed by atoms with van der Waals surface area (Å²) in [5.74, 6) is 0. The topological polar surface area (TPSA) is 33.1 Å². The first-order valence-corrected chi connectivity index (χ1v) is 8.01. The smallest absolute Gasteiger partial charge is 0.0957 e. The molecule has 1 aliphatic carbocycles. The van der Waals surface area contributed by atoms with Gasteiger partial charge in [0.2, 0.25) is 0 Å². The summed E-state index contributed by atoms with van der Waals surface area (Å²) in [5, 5.41) is 9.75. The summed E-state index contributed by atoms with van der Waals surface area (Å²) in [5.41, 5.74) is 3.76. The van der Waals surface area contributed by atoms with E-state index < -0.39 is 6.10 Å². The summed E-state index contributed by atoms with van der Waals surface area (Å²) in [6, 6.07) is 10.7. The van der Waals surface area contributed by atoms with Gasteiger partial charge in [-0.1, -0.05) is 24.8 Å². The molecule has 0 aliphatic heterocycles. The van der Waals surface area contributed by atoms with Crippen LogP contribution < -0.4 is 0 Å². The minimum Gasteiger partial charge on any atom is -0.387 e. The number of aromatic nitrogens is 1. The lowest BCUT2D eigenvalue weighted by molar-refractivity contribution is 0.169. The average Bonchev–Trinajstić information content (AvgIpc) is 2.95. The van der Waals surface area contributed by atoms with Crippen molar-refractivity contribution in [1.29, 1.82) is 0 Å². The van der Waals surface area contributed by atoms with Crippen molar-refractivity contribution in [3.05, 3.63) is 53.3 Å². The molecule has 1 aliphatic rings. The number of benzene rings is 1. The summed E-state index contributed by atoms with van der Waals surface area (Å²) in [7, 11) is 0. The molecule has 1 atom stereocenters.